The van der Waals surface area contributed by atoms with Gasteiger partial charge in [-0.15, -0.1) is 6.58 Å². The van der Waals surface area contributed by atoms with Gasteiger partial charge in [-0.25, -0.2) is 4.39 Å². The lowest BCUT2D eigenvalue weighted by Gasteiger charge is -2.27. The zero-order chi connectivity index (χ0) is 27.9. The zero-order valence-electron chi connectivity index (χ0n) is 25.3. The van der Waals surface area contributed by atoms with E-state index in [0.717, 1.165) is 17.2 Å². The Morgan fingerprint density at radius 1 is 0.912 bits per heavy atom. The molecule has 0 aromatic heterocycles. The Morgan fingerprint density at radius 2 is 1.32 bits per heavy atom. The summed E-state index contributed by atoms with van der Waals surface area (Å²) in [5, 5.41) is 3.04. The van der Waals surface area contributed by atoms with Gasteiger partial charge in [0.2, 0.25) is 0 Å². The second-order valence-electron chi connectivity index (χ2n) is 8.91. The Bertz CT molecular complexity index is 634. The van der Waals surface area contributed by atoms with Gasteiger partial charge in [0.25, 0.3) is 0 Å². The highest BCUT2D eigenvalue weighted by atomic mass is 19.1. The first kappa shape index (κ1) is 39.4. The zero-order valence-corrected chi connectivity index (χ0v) is 25.3. The number of allylic oxidation sites excluding steroid dienone is 3. The van der Waals surface area contributed by atoms with Crippen molar-refractivity contribution in [1.82, 2.24) is 5.32 Å². The van der Waals surface area contributed by atoms with Gasteiger partial charge in [0.1, 0.15) is 0 Å². The number of benzene rings is 1. The van der Waals surface area contributed by atoms with Crippen LogP contribution in [-0.4, -0.2) is 7.05 Å². The molecule has 1 aromatic rings. The lowest BCUT2D eigenvalue weighted by atomic mass is 9.81. The maximum Gasteiger partial charge on any atom is 0.0966 e. The molecule has 2 unspecified atom stereocenters. The summed E-state index contributed by atoms with van der Waals surface area (Å²) in [5.41, 5.74) is 5.49. The van der Waals surface area contributed by atoms with Gasteiger partial charge in [-0.1, -0.05) is 118 Å². The summed E-state index contributed by atoms with van der Waals surface area (Å²) >= 11 is 0. The molecule has 0 radical (unpaired) electrons. The second kappa shape index (κ2) is 25.8. The van der Waals surface area contributed by atoms with E-state index >= 15 is 0 Å². The number of likely N-dealkylation sites (N-methyl/N-ethyl adjacent to an activating group) is 1. The summed E-state index contributed by atoms with van der Waals surface area (Å²) in [7, 11) is 1.81. The van der Waals surface area contributed by atoms with Gasteiger partial charge in [0.15, 0.2) is 0 Å². The maximum absolute atomic E-state index is 13.5. The third kappa shape index (κ3) is 20.8. The molecule has 0 aliphatic heterocycles. The largest absolute Gasteiger partial charge is 0.391 e. The molecule has 0 heterocycles. The van der Waals surface area contributed by atoms with Crippen LogP contribution in [0.25, 0.3) is 0 Å². The highest BCUT2D eigenvalue weighted by Gasteiger charge is 2.26. The van der Waals surface area contributed by atoms with Gasteiger partial charge >= 0.3 is 0 Å². The van der Waals surface area contributed by atoms with Crippen molar-refractivity contribution in [2.24, 2.45) is 11.8 Å². The topological polar surface area (TPSA) is 12.0 Å². The van der Waals surface area contributed by atoms with E-state index in [4.69, 9.17) is 0 Å². The number of aryl methyl sites for hydroxylation is 1. The quantitative estimate of drug-likeness (QED) is 0.367. The van der Waals surface area contributed by atoms with Gasteiger partial charge in [-0.3, -0.25) is 0 Å². The molecule has 1 nitrogen and oxygen atoms in total. The van der Waals surface area contributed by atoms with E-state index < -0.39 is 0 Å². The van der Waals surface area contributed by atoms with Crippen molar-refractivity contribution in [3.8, 4) is 0 Å². The van der Waals surface area contributed by atoms with Crippen LogP contribution in [0.4, 0.5) is 4.39 Å². The molecule has 0 saturated heterocycles. The number of hydrogen-bond donors (Lipinski definition) is 1. The number of nitrogens with one attached hydrogen (secondary N) is 1. The monoisotopic (exact) mass is 477 g/mol. The van der Waals surface area contributed by atoms with Crippen LogP contribution in [0.3, 0.4) is 0 Å². The summed E-state index contributed by atoms with van der Waals surface area (Å²) in [4.78, 5) is 0. The molecule has 1 rings (SSSR count). The van der Waals surface area contributed by atoms with E-state index in [1.165, 1.54) is 42.4 Å². The second-order valence-corrected chi connectivity index (χ2v) is 8.91. The molecule has 34 heavy (non-hydrogen) atoms. The van der Waals surface area contributed by atoms with Crippen molar-refractivity contribution in [2.45, 2.75) is 115 Å². The molecule has 2 heteroatoms. The normalized spacial score (nSPS) is 10.9. The Morgan fingerprint density at radius 3 is 1.59 bits per heavy atom. The van der Waals surface area contributed by atoms with Crippen molar-refractivity contribution < 1.29 is 4.39 Å². The van der Waals surface area contributed by atoms with Crippen LogP contribution in [0.2, 0.25) is 0 Å². The fraction of sp³-hybridized carbons (Fsp3) is 0.625. The number of halogens is 1. The molecule has 0 amide bonds. The molecule has 2 atom stereocenters. The molecule has 0 aliphatic carbocycles. The fourth-order valence-corrected chi connectivity index (χ4v) is 2.49. The number of hydrogen-bond acceptors (Lipinski definition) is 1. The minimum atomic E-state index is -0.308. The first-order chi connectivity index (χ1) is 15.9. The fourth-order valence-electron chi connectivity index (χ4n) is 2.49. The lowest BCUT2D eigenvalue weighted by molar-refractivity contribution is 0.446. The van der Waals surface area contributed by atoms with E-state index in [1.807, 2.05) is 53.8 Å². The molecule has 1 aromatic carbocycles. The van der Waals surface area contributed by atoms with Crippen molar-refractivity contribution in [3.63, 3.8) is 0 Å². The molecule has 0 bridgehead atoms. The van der Waals surface area contributed by atoms with Crippen molar-refractivity contribution in [3.05, 3.63) is 71.7 Å². The molecule has 0 saturated carbocycles. The Hall–Kier alpha value is -1.83. The van der Waals surface area contributed by atoms with Gasteiger partial charge in [-0.2, -0.15) is 0 Å². The molecule has 0 fully saturated rings. The molecular weight excluding hydrogens is 417 g/mol. The van der Waals surface area contributed by atoms with Crippen molar-refractivity contribution >= 4 is 0 Å². The highest BCUT2D eigenvalue weighted by Crippen LogP contribution is 2.36. The number of unbranched alkanes of at least 4 members (excludes halogenated alkanes) is 1. The standard InChI is InChI=1S/C16H22FN.C6H14.C4H8.C4H10.C2H6/c1-10-8-7-9-15(11(10)2)16(14(5)18-6)12(3)13(4)17;1-4-6(3)5-2;1-4(2)3;1-3-4-2;1-2/h7-9,12,16,18H,4-5H2,1-3,6H3;6H,4-5H2,1-3H3;1H2,2-3H3;3-4H2,1-2H3;1-2H3. The van der Waals surface area contributed by atoms with Gasteiger partial charge in [-0.05, 0) is 50.3 Å². The molecule has 1 N–H and O–H groups in total. The lowest BCUT2D eigenvalue weighted by Crippen LogP contribution is -2.21. The van der Waals surface area contributed by atoms with E-state index in [-0.39, 0.29) is 17.7 Å². The van der Waals surface area contributed by atoms with Crippen LogP contribution in [0.1, 0.15) is 118 Å². The molecule has 200 valence electrons. The van der Waals surface area contributed by atoms with Crippen LogP contribution in [-0.2, 0) is 0 Å². The van der Waals surface area contributed by atoms with Crippen LogP contribution in [0.5, 0.6) is 0 Å². The number of rotatable bonds is 8. The van der Waals surface area contributed by atoms with Crippen LogP contribution in [0, 0.1) is 25.7 Å². The SMILES string of the molecule is C=C(C)C.C=C(F)C(C)C(C(=C)NC)c1cccc(C)c1C.CC.CCC(C)CC.CCCC. The maximum atomic E-state index is 13.5. The van der Waals surface area contributed by atoms with Crippen molar-refractivity contribution in [2.75, 3.05) is 7.05 Å². The molecule has 0 aliphatic rings. The predicted octanol–water partition coefficient (Wildman–Crippen LogP) is 11.1. The van der Waals surface area contributed by atoms with E-state index in [1.54, 1.807) is 0 Å². The van der Waals surface area contributed by atoms with Gasteiger partial charge in [0.05, 0.1) is 5.83 Å². The highest BCUT2D eigenvalue weighted by molar-refractivity contribution is 5.40. The third-order valence-electron chi connectivity index (χ3n) is 5.57. The summed E-state index contributed by atoms with van der Waals surface area (Å²) in [6.45, 7) is 36.0. The smallest absolute Gasteiger partial charge is 0.0966 e. The first-order valence-corrected chi connectivity index (χ1v) is 13.2. The van der Waals surface area contributed by atoms with Crippen LogP contribution >= 0.6 is 0 Å². The Labute approximate surface area is 215 Å². The Balaban J connectivity index is -0.000000230. The molecule has 0 spiro atoms. The minimum Gasteiger partial charge on any atom is -0.391 e. The summed E-state index contributed by atoms with van der Waals surface area (Å²) in [5.74, 6) is 0.250. The Kier molecular flexibility index (Phi) is 29.9. The first-order valence-electron chi connectivity index (χ1n) is 13.2. The molecular formula is C32H60FN. The summed E-state index contributed by atoms with van der Waals surface area (Å²) in [6.07, 6.45) is 5.30. The summed E-state index contributed by atoms with van der Waals surface area (Å²) < 4.78 is 13.5. The summed E-state index contributed by atoms with van der Waals surface area (Å²) in [6, 6.07) is 6.10. The average molecular weight is 478 g/mol. The average Bonchev–Trinajstić information content (AvgIpc) is 2.82. The van der Waals surface area contributed by atoms with Crippen LogP contribution < -0.4 is 5.32 Å². The van der Waals surface area contributed by atoms with Crippen LogP contribution in [0.15, 0.2) is 55.0 Å². The van der Waals surface area contributed by atoms with Gasteiger partial charge in [0, 0.05) is 24.6 Å². The van der Waals surface area contributed by atoms with E-state index in [9.17, 15) is 4.39 Å². The third-order valence-corrected chi connectivity index (χ3v) is 5.57. The minimum absolute atomic E-state index is 0.0904. The van der Waals surface area contributed by atoms with E-state index in [0.29, 0.717) is 0 Å². The van der Waals surface area contributed by atoms with Crippen molar-refractivity contribution in [1.29, 1.82) is 0 Å². The van der Waals surface area contributed by atoms with Gasteiger partial charge < -0.3 is 5.32 Å². The van der Waals surface area contributed by atoms with E-state index in [2.05, 4.69) is 79.6 Å². The predicted molar refractivity (Wildman–Crippen MR) is 158 cm³/mol.